The van der Waals surface area contributed by atoms with Crippen molar-refractivity contribution < 1.29 is 4.79 Å². The van der Waals surface area contributed by atoms with Gasteiger partial charge in [0.1, 0.15) is 5.82 Å². The molecule has 0 aliphatic heterocycles. The first-order valence-corrected chi connectivity index (χ1v) is 13.0. The summed E-state index contributed by atoms with van der Waals surface area (Å²) in [6.07, 6.45) is 3.08. The van der Waals surface area contributed by atoms with Crippen molar-refractivity contribution in [3.8, 4) is 0 Å². The topological polar surface area (TPSA) is 96.0 Å². The summed E-state index contributed by atoms with van der Waals surface area (Å²) in [5.74, 6) is 0.192. The van der Waals surface area contributed by atoms with Gasteiger partial charge in [-0.2, -0.15) is 0 Å². The zero-order valence-electron chi connectivity index (χ0n) is 21.1. The second kappa shape index (κ2) is 13.0. The Morgan fingerprint density at radius 2 is 1.81 bits per heavy atom. The first-order chi connectivity index (χ1) is 17.3. The third-order valence-corrected chi connectivity index (χ3v) is 7.06. The fraction of sp³-hybridized carbons (Fsp3) is 0.321. The van der Waals surface area contributed by atoms with Crippen molar-refractivity contribution >= 4 is 29.2 Å². The highest BCUT2D eigenvalue weighted by atomic mass is 32.2. The average Bonchev–Trinajstić information content (AvgIpc) is 2.85. The number of rotatable bonds is 12. The minimum Gasteiger partial charge on any atom is -0.352 e. The number of hydrogen-bond acceptors (Lipinski definition) is 5. The molecule has 0 unspecified atom stereocenters. The van der Waals surface area contributed by atoms with E-state index in [0.717, 1.165) is 35.4 Å². The Morgan fingerprint density at radius 3 is 2.53 bits per heavy atom. The first-order valence-electron chi connectivity index (χ1n) is 12.2. The van der Waals surface area contributed by atoms with Crippen molar-refractivity contribution in [1.82, 2.24) is 14.9 Å². The number of carbonyl (C=O) groups excluding carboxylic acids is 1. The van der Waals surface area contributed by atoms with Gasteiger partial charge in [0.05, 0.1) is 4.91 Å². The lowest BCUT2D eigenvalue weighted by molar-refractivity contribution is -0.116. The van der Waals surface area contributed by atoms with Crippen LogP contribution in [-0.2, 0) is 17.8 Å². The van der Waals surface area contributed by atoms with Gasteiger partial charge in [-0.3, -0.25) is 19.1 Å². The molecule has 0 saturated carbocycles. The normalized spacial score (nSPS) is 10.8. The summed E-state index contributed by atoms with van der Waals surface area (Å²) >= 11 is 1.36. The summed E-state index contributed by atoms with van der Waals surface area (Å²) in [6.45, 7) is 10.9. The first kappa shape index (κ1) is 27.1. The number of aromatic nitrogens is 2. The molecule has 1 aromatic heterocycles. The standard InChI is InChI=1S/C28H34N4O3S/c1-5-22-17-23(14-13-19(22)2)30-25-18-26(33)32(28(35)31-25)16-10-6-9-15-29-27(34)21(4)36-24-12-8-7-11-20(24)3/h7-8,11-14,17-18,30H,4-6,9-10,15-16H2,1-3H3,(H,29,34)(H,31,35). The monoisotopic (exact) mass is 506 g/mol. The van der Waals surface area contributed by atoms with Crippen LogP contribution in [0.4, 0.5) is 11.5 Å². The molecule has 36 heavy (non-hydrogen) atoms. The van der Waals surface area contributed by atoms with Crippen molar-refractivity contribution in [1.29, 1.82) is 0 Å². The van der Waals surface area contributed by atoms with E-state index in [-0.39, 0.29) is 11.5 Å². The van der Waals surface area contributed by atoms with Crippen LogP contribution in [0.15, 0.2) is 74.5 Å². The maximum atomic E-state index is 12.5. The number of thioether (sulfide) groups is 1. The molecule has 0 radical (unpaired) electrons. The number of aromatic amines is 1. The van der Waals surface area contributed by atoms with Gasteiger partial charge in [0, 0.05) is 29.7 Å². The largest absolute Gasteiger partial charge is 0.352 e. The van der Waals surface area contributed by atoms with Crippen LogP contribution in [0.3, 0.4) is 0 Å². The molecule has 7 nitrogen and oxygen atoms in total. The van der Waals surface area contributed by atoms with Crippen molar-refractivity contribution in [2.75, 3.05) is 11.9 Å². The van der Waals surface area contributed by atoms with E-state index in [1.54, 1.807) is 0 Å². The fourth-order valence-electron chi connectivity index (χ4n) is 3.81. The third kappa shape index (κ3) is 7.49. The van der Waals surface area contributed by atoms with E-state index in [9.17, 15) is 14.4 Å². The quantitative estimate of drug-likeness (QED) is 0.181. The van der Waals surface area contributed by atoms with E-state index >= 15 is 0 Å². The van der Waals surface area contributed by atoms with Crippen LogP contribution in [0.5, 0.6) is 0 Å². The van der Waals surface area contributed by atoms with Gasteiger partial charge >= 0.3 is 5.69 Å². The lowest BCUT2D eigenvalue weighted by Gasteiger charge is -2.11. The van der Waals surface area contributed by atoms with Crippen LogP contribution >= 0.6 is 11.8 Å². The van der Waals surface area contributed by atoms with E-state index in [1.165, 1.54) is 33.5 Å². The minimum absolute atomic E-state index is 0.182. The Labute approximate surface area is 216 Å². The maximum absolute atomic E-state index is 12.5. The predicted octanol–water partition coefficient (Wildman–Crippen LogP) is 5.05. The minimum atomic E-state index is -0.439. The molecule has 2 aromatic carbocycles. The number of H-pyrrole nitrogens is 1. The lowest BCUT2D eigenvalue weighted by Crippen LogP contribution is -2.35. The molecule has 0 aliphatic carbocycles. The number of carbonyl (C=O) groups is 1. The van der Waals surface area contributed by atoms with E-state index in [2.05, 4.69) is 36.0 Å². The second-order valence-corrected chi connectivity index (χ2v) is 9.84. The Hall–Kier alpha value is -3.52. The van der Waals surface area contributed by atoms with Gasteiger partial charge in [0.25, 0.3) is 11.5 Å². The highest BCUT2D eigenvalue weighted by Gasteiger charge is 2.10. The summed E-state index contributed by atoms with van der Waals surface area (Å²) in [4.78, 5) is 41.5. The maximum Gasteiger partial charge on any atom is 0.329 e. The summed E-state index contributed by atoms with van der Waals surface area (Å²) in [7, 11) is 0. The second-order valence-electron chi connectivity index (χ2n) is 8.71. The number of amides is 1. The molecule has 1 amide bonds. The fourth-order valence-corrected chi connectivity index (χ4v) is 4.61. The number of nitrogens with zero attached hydrogens (tertiary/aromatic N) is 1. The SMILES string of the molecule is C=C(Sc1ccccc1C)C(=O)NCCCCCn1c(=O)cc(Nc2ccc(C)c(CC)c2)[nH]c1=O. The van der Waals surface area contributed by atoms with E-state index in [1.807, 2.05) is 49.4 Å². The molecule has 0 fully saturated rings. The summed E-state index contributed by atoms with van der Waals surface area (Å²) in [6, 6.07) is 15.2. The van der Waals surface area contributed by atoms with Crippen LogP contribution in [-0.4, -0.2) is 22.0 Å². The van der Waals surface area contributed by atoms with Gasteiger partial charge in [-0.1, -0.05) is 49.5 Å². The Morgan fingerprint density at radius 1 is 1.03 bits per heavy atom. The molecule has 0 spiro atoms. The molecular formula is C28H34N4O3S. The zero-order chi connectivity index (χ0) is 26.1. The zero-order valence-corrected chi connectivity index (χ0v) is 22.0. The van der Waals surface area contributed by atoms with E-state index in [4.69, 9.17) is 0 Å². The summed E-state index contributed by atoms with van der Waals surface area (Å²) < 4.78 is 1.21. The van der Waals surface area contributed by atoms with Crippen molar-refractivity contribution in [3.63, 3.8) is 0 Å². The number of unbranched alkanes of at least 4 members (excludes halogenated alkanes) is 2. The number of nitrogens with one attached hydrogen (secondary N) is 3. The number of benzene rings is 2. The molecule has 0 atom stereocenters. The highest BCUT2D eigenvalue weighted by Crippen LogP contribution is 2.28. The molecular weight excluding hydrogens is 472 g/mol. The lowest BCUT2D eigenvalue weighted by atomic mass is 10.1. The molecule has 0 bridgehead atoms. The Balaban J connectivity index is 1.43. The Kier molecular flexibility index (Phi) is 9.76. The predicted molar refractivity (Wildman–Crippen MR) is 148 cm³/mol. The smallest absolute Gasteiger partial charge is 0.329 e. The van der Waals surface area contributed by atoms with Crippen LogP contribution in [0.2, 0.25) is 0 Å². The van der Waals surface area contributed by atoms with Crippen LogP contribution in [0.25, 0.3) is 0 Å². The van der Waals surface area contributed by atoms with Gasteiger partial charge in [-0.25, -0.2) is 4.79 Å². The highest BCUT2D eigenvalue weighted by molar-refractivity contribution is 8.04. The van der Waals surface area contributed by atoms with Crippen molar-refractivity contribution in [2.24, 2.45) is 0 Å². The molecule has 3 rings (SSSR count). The van der Waals surface area contributed by atoms with Crippen LogP contribution in [0.1, 0.15) is 42.9 Å². The molecule has 0 aliphatic rings. The summed E-state index contributed by atoms with van der Waals surface area (Å²) in [5, 5.41) is 6.00. The number of hydrogen-bond donors (Lipinski definition) is 3. The molecule has 8 heteroatoms. The number of aryl methyl sites for hydroxylation is 3. The molecule has 3 N–H and O–H groups in total. The molecule has 1 heterocycles. The van der Waals surface area contributed by atoms with Gasteiger partial charge in [0.15, 0.2) is 0 Å². The van der Waals surface area contributed by atoms with Gasteiger partial charge in [0.2, 0.25) is 0 Å². The van der Waals surface area contributed by atoms with E-state index < -0.39 is 5.69 Å². The average molecular weight is 507 g/mol. The van der Waals surface area contributed by atoms with Crippen LogP contribution < -0.4 is 21.9 Å². The molecule has 190 valence electrons. The summed E-state index contributed by atoms with van der Waals surface area (Å²) in [5.41, 5.74) is 3.56. The van der Waals surface area contributed by atoms with Gasteiger partial charge < -0.3 is 10.6 Å². The molecule has 0 saturated heterocycles. The van der Waals surface area contributed by atoms with Crippen LogP contribution in [0, 0.1) is 13.8 Å². The number of anilines is 2. The Bertz CT molecular complexity index is 1310. The molecule has 3 aromatic rings. The van der Waals surface area contributed by atoms with Gasteiger partial charge in [-0.15, -0.1) is 0 Å². The van der Waals surface area contributed by atoms with E-state index in [0.29, 0.717) is 30.2 Å². The third-order valence-electron chi connectivity index (χ3n) is 5.95. The van der Waals surface area contributed by atoms with Crippen molar-refractivity contribution in [3.05, 3.63) is 97.5 Å². The van der Waals surface area contributed by atoms with Gasteiger partial charge in [-0.05, 0) is 74.4 Å². The van der Waals surface area contributed by atoms with Crippen molar-refractivity contribution in [2.45, 2.75) is 57.9 Å².